The lowest BCUT2D eigenvalue weighted by atomic mass is 10.1. The van der Waals surface area contributed by atoms with E-state index >= 15 is 0 Å². The second-order valence-electron chi connectivity index (χ2n) is 4.91. The van der Waals surface area contributed by atoms with Crippen molar-refractivity contribution in [3.05, 3.63) is 28.8 Å². The molecule has 1 rings (SSSR count). The second-order valence-corrected chi connectivity index (χ2v) is 6.81. The number of benzene rings is 1. The predicted octanol–water partition coefficient (Wildman–Crippen LogP) is 2.44. The Bertz CT molecular complexity index is 549. The molecule has 0 aliphatic rings. The van der Waals surface area contributed by atoms with E-state index in [1.165, 1.54) is 4.31 Å². The summed E-state index contributed by atoms with van der Waals surface area (Å²) in [6.45, 7) is 12.2. The molecule has 20 heavy (non-hydrogen) atoms. The van der Waals surface area contributed by atoms with Crippen LogP contribution in [0.2, 0.25) is 0 Å². The maximum Gasteiger partial charge on any atom is 0.243 e. The third-order valence-corrected chi connectivity index (χ3v) is 5.76. The van der Waals surface area contributed by atoms with Crippen molar-refractivity contribution < 1.29 is 8.42 Å². The van der Waals surface area contributed by atoms with Gasteiger partial charge in [0.15, 0.2) is 0 Å². The lowest BCUT2D eigenvalue weighted by Crippen LogP contribution is -2.31. The Balaban J connectivity index is 3.32. The van der Waals surface area contributed by atoms with Crippen LogP contribution in [0.15, 0.2) is 17.0 Å². The van der Waals surface area contributed by atoms with Crippen LogP contribution in [0.4, 0.5) is 0 Å². The van der Waals surface area contributed by atoms with Crippen LogP contribution in [0, 0.1) is 13.8 Å². The van der Waals surface area contributed by atoms with E-state index in [2.05, 4.69) is 11.4 Å². The SMILES string of the molecule is CCNCc1cc(C)c(C)c(S(=O)(=O)N(CC)CC)c1. The van der Waals surface area contributed by atoms with Crippen LogP contribution in [0.3, 0.4) is 0 Å². The van der Waals surface area contributed by atoms with Crippen molar-refractivity contribution >= 4 is 10.0 Å². The molecule has 5 heteroatoms. The van der Waals surface area contributed by atoms with Crippen molar-refractivity contribution in [3.8, 4) is 0 Å². The molecular formula is C15H26N2O2S. The highest BCUT2D eigenvalue weighted by Crippen LogP contribution is 2.24. The Morgan fingerprint density at radius 1 is 1.10 bits per heavy atom. The molecule has 1 aromatic carbocycles. The minimum Gasteiger partial charge on any atom is -0.313 e. The van der Waals surface area contributed by atoms with Gasteiger partial charge in [0.2, 0.25) is 10.0 Å². The minimum atomic E-state index is -3.40. The highest BCUT2D eigenvalue weighted by molar-refractivity contribution is 7.89. The van der Waals surface area contributed by atoms with Gasteiger partial charge in [-0.2, -0.15) is 4.31 Å². The first-order valence-electron chi connectivity index (χ1n) is 7.19. The Morgan fingerprint density at radius 2 is 1.70 bits per heavy atom. The first kappa shape index (κ1) is 17.1. The summed E-state index contributed by atoms with van der Waals surface area (Å²) in [6, 6.07) is 3.86. The van der Waals surface area contributed by atoms with Crippen molar-refractivity contribution in [1.82, 2.24) is 9.62 Å². The monoisotopic (exact) mass is 298 g/mol. The first-order chi connectivity index (χ1) is 9.38. The standard InChI is InChI=1S/C15H26N2O2S/c1-6-16-11-14-9-12(4)13(5)15(10-14)20(18,19)17(7-2)8-3/h9-10,16H,6-8,11H2,1-5H3. The number of aryl methyl sites for hydroxylation is 1. The fourth-order valence-corrected chi connectivity index (χ4v) is 4.05. The van der Waals surface area contributed by atoms with E-state index in [0.29, 0.717) is 24.5 Å². The molecule has 1 N–H and O–H groups in total. The van der Waals surface area contributed by atoms with Gasteiger partial charge in [0.25, 0.3) is 0 Å². The maximum absolute atomic E-state index is 12.7. The van der Waals surface area contributed by atoms with Crippen LogP contribution in [0.25, 0.3) is 0 Å². The van der Waals surface area contributed by atoms with Gasteiger partial charge in [-0.05, 0) is 43.1 Å². The van der Waals surface area contributed by atoms with Gasteiger partial charge in [0.1, 0.15) is 0 Å². The van der Waals surface area contributed by atoms with E-state index in [1.807, 2.05) is 34.6 Å². The van der Waals surface area contributed by atoms with Crippen LogP contribution >= 0.6 is 0 Å². The largest absolute Gasteiger partial charge is 0.313 e. The zero-order valence-electron chi connectivity index (χ0n) is 13.2. The molecule has 0 atom stereocenters. The molecule has 114 valence electrons. The summed E-state index contributed by atoms with van der Waals surface area (Å²) in [5.74, 6) is 0. The Hall–Kier alpha value is -0.910. The maximum atomic E-state index is 12.7. The van der Waals surface area contributed by atoms with Crippen molar-refractivity contribution in [2.24, 2.45) is 0 Å². The predicted molar refractivity (Wildman–Crippen MR) is 83.4 cm³/mol. The minimum absolute atomic E-state index is 0.439. The van der Waals surface area contributed by atoms with Crippen LogP contribution in [-0.4, -0.2) is 32.4 Å². The molecular weight excluding hydrogens is 272 g/mol. The van der Waals surface area contributed by atoms with E-state index in [1.54, 1.807) is 6.07 Å². The Kier molecular flexibility index (Phi) is 6.17. The highest BCUT2D eigenvalue weighted by atomic mass is 32.2. The number of hydrogen-bond donors (Lipinski definition) is 1. The normalized spacial score (nSPS) is 12.1. The third kappa shape index (κ3) is 3.59. The highest BCUT2D eigenvalue weighted by Gasteiger charge is 2.24. The number of nitrogens with one attached hydrogen (secondary N) is 1. The van der Waals surface area contributed by atoms with E-state index in [-0.39, 0.29) is 0 Å². The van der Waals surface area contributed by atoms with E-state index in [0.717, 1.165) is 23.2 Å². The molecule has 0 spiro atoms. The molecule has 1 aromatic rings. The fraction of sp³-hybridized carbons (Fsp3) is 0.600. The van der Waals surface area contributed by atoms with Crippen molar-refractivity contribution in [3.63, 3.8) is 0 Å². The smallest absolute Gasteiger partial charge is 0.243 e. The molecule has 0 aliphatic carbocycles. The lowest BCUT2D eigenvalue weighted by molar-refractivity contribution is 0.444. The molecule has 0 radical (unpaired) electrons. The van der Waals surface area contributed by atoms with Crippen LogP contribution < -0.4 is 5.32 Å². The summed E-state index contributed by atoms with van der Waals surface area (Å²) in [7, 11) is -3.40. The van der Waals surface area contributed by atoms with Crippen molar-refractivity contribution in [1.29, 1.82) is 0 Å². The molecule has 0 aromatic heterocycles. The zero-order chi connectivity index (χ0) is 15.3. The second kappa shape index (κ2) is 7.20. The fourth-order valence-electron chi connectivity index (χ4n) is 2.24. The molecule has 0 heterocycles. The van der Waals surface area contributed by atoms with Crippen LogP contribution in [-0.2, 0) is 16.6 Å². The van der Waals surface area contributed by atoms with Gasteiger partial charge >= 0.3 is 0 Å². The molecule has 0 fully saturated rings. The summed E-state index contributed by atoms with van der Waals surface area (Å²) in [5.41, 5.74) is 2.88. The quantitative estimate of drug-likeness (QED) is 0.841. The van der Waals surface area contributed by atoms with Crippen LogP contribution in [0.5, 0.6) is 0 Å². The van der Waals surface area contributed by atoms with Gasteiger partial charge in [-0.15, -0.1) is 0 Å². The number of sulfonamides is 1. The molecule has 0 unspecified atom stereocenters. The van der Waals surface area contributed by atoms with E-state index in [4.69, 9.17) is 0 Å². The molecule has 0 bridgehead atoms. The molecule has 0 saturated heterocycles. The number of hydrogen-bond acceptors (Lipinski definition) is 3. The summed E-state index contributed by atoms with van der Waals surface area (Å²) in [6.07, 6.45) is 0. The lowest BCUT2D eigenvalue weighted by Gasteiger charge is -2.21. The molecule has 0 saturated carbocycles. The first-order valence-corrected chi connectivity index (χ1v) is 8.63. The third-order valence-electron chi connectivity index (χ3n) is 3.58. The number of rotatable bonds is 7. The van der Waals surface area contributed by atoms with Gasteiger partial charge in [-0.1, -0.05) is 26.8 Å². The van der Waals surface area contributed by atoms with Gasteiger partial charge < -0.3 is 5.32 Å². The summed E-state index contributed by atoms with van der Waals surface area (Å²) in [5, 5.41) is 3.24. The van der Waals surface area contributed by atoms with Crippen molar-refractivity contribution in [2.75, 3.05) is 19.6 Å². The number of nitrogens with zero attached hydrogens (tertiary/aromatic N) is 1. The van der Waals surface area contributed by atoms with E-state index < -0.39 is 10.0 Å². The molecule has 0 amide bonds. The van der Waals surface area contributed by atoms with Gasteiger partial charge in [0, 0.05) is 19.6 Å². The summed E-state index contributed by atoms with van der Waals surface area (Å²) < 4.78 is 26.9. The Labute approximate surface area is 123 Å². The summed E-state index contributed by atoms with van der Waals surface area (Å²) in [4.78, 5) is 0.439. The average molecular weight is 298 g/mol. The molecule has 4 nitrogen and oxygen atoms in total. The van der Waals surface area contributed by atoms with Gasteiger partial charge in [0.05, 0.1) is 4.90 Å². The molecule has 0 aliphatic heterocycles. The topological polar surface area (TPSA) is 49.4 Å². The van der Waals surface area contributed by atoms with Crippen molar-refractivity contribution in [2.45, 2.75) is 46.1 Å². The van der Waals surface area contributed by atoms with Crippen LogP contribution in [0.1, 0.15) is 37.5 Å². The van der Waals surface area contributed by atoms with Gasteiger partial charge in [-0.25, -0.2) is 8.42 Å². The van der Waals surface area contributed by atoms with Gasteiger partial charge in [-0.3, -0.25) is 0 Å². The Morgan fingerprint density at radius 3 is 2.20 bits per heavy atom. The van der Waals surface area contributed by atoms with E-state index in [9.17, 15) is 8.42 Å². The summed E-state index contributed by atoms with van der Waals surface area (Å²) >= 11 is 0. The average Bonchev–Trinajstić information content (AvgIpc) is 2.40. The zero-order valence-corrected chi connectivity index (χ0v) is 14.0.